The van der Waals surface area contributed by atoms with Crippen LogP contribution in [0.2, 0.25) is 0 Å². The van der Waals surface area contributed by atoms with Crippen molar-refractivity contribution < 1.29 is 24.6 Å². The fourth-order valence-electron chi connectivity index (χ4n) is 2.25. The minimum atomic E-state index is -1.82. The molecule has 0 aliphatic carbocycles. The molecule has 8 heteroatoms. The van der Waals surface area contributed by atoms with Gasteiger partial charge in [0.15, 0.2) is 0 Å². The summed E-state index contributed by atoms with van der Waals surface area (Å²) in [5.74, 6) is -3.58. The second-order valence-electron chi connectivity index (χ2n) is 5.99. The van der Waals surface area contributed by atoms with Gasteiger partial charge in [0.25, 0.3) is 0 Å². The second-order valence-corrected chi connectivity index (χ2v) is 6.91. The fourth-order valence-corrected chi connectivity index (χ4v) is 2.51. The maximum Gasteiger partial charge on any atom is 0.414 e. The molecular formula is C20H23BrN2O5. The van der Waals surface area contributed by atoms with Crippen LogP contribution in [0.5, 0.6) is 0 Å². The van der Waals surface area contributed by atoms with Crippen LogP contribution in [0.1, 0.15) is 11.1 Å². The molecule has 2 aromatic carbocycles. The van der Waals surface area contributed by atoms with Gasteiger partial charge in [0.2, 0.25) is 5.91 Å². The second kappa shape index (κ2) is 12.6. The summed E-state index contributed by atoms with van der Waals surface area (Å²) in [6.07, 6.45) is 0.864. The van der Waals surface area contributed by atoms with Crippen LogP contribution in [0.3, 0.4) is 0 Å². The molecule has 1 amide bonds. The normalized spacial score (nSPS) is 9.96. The Morgan fingerprint density at radius 2 is 1.50 bits per heavy atom. The summed E-state index contributed by atoms with van der Waals surface area (Å²) in [5.41, 5.74) is 2.44. The zero-order valence-corrected chi connectivity index (χ0v) is 17.1. The SMILES string of the molecule is CN(CC(=O)NCCc1ccccc1)Cc1ccc(Br)cc1.O=C(O)C(=O)O. The Kier molecular flexibility index (Phi) is 10.5. The molecule has 0 saturated heterocycles. The maximum atomic E-state index is 11.9. The first-order valence-electron chi connectivity index (χ1n) is 8.47. The van der Waals surface area contributed by atoms with Crippen molar-refractivity contribution in [2.75, 3.05) is 20.1 Å². The number of nitrogens with one attached hydrogen (secondary N) is 1. The standard InChI is InChI=1S/C18H21BrN2O.C2H2O4/c1-21(13-16-7-9-17(19)10-8-16)14-18(22)20-12-11-15-5-3-2-4-6-15;3-1(4)2(5)6/h2-10H,11-14H2,1H3,(H,20,22);(H,3,4)(H,5,6). The Bertz CT molecular complexity index is 754. The van der Waals surface area contributed by atoms with Crippen molar-refractivity contribution >= 4 is 33.8 Å². The maximum absolute atomic E-state index is 11.9. The molecule has 0 aliphatic rings. The Hall–Kier alpha value is -2.71. The average Bonchev–Trinajstić information content (AvgIpc) is 2.65. The fraction of sp³-hybridized carbons (Fsp3) is 0.250. The Morgan fingerprint density at radius 3 is 2.04 bits per heavy atom. The molecule has 2 aromatic rings. The number of nitrogens with zero attached hydrogens (tertiary/aromatic N) is 1. The number of carbonyl (C=O) groups excluding carboxylic acids is 1. The van der Waals surface area contributed by atoms with Gasteiger partial charge in [0.05, 0.1) is 6.54 Å². The molecule has 0 aliphatic heterocycles. The van der Waals surface area contributed by atoms with E-state index in [1.165, 1.54) is 11.1 Å². The Balaban J connectivity index is 0.000000568. The largest absolute Gasteiger partial charge is 0.473 e. The van der Waals surface area contributed by atoms with Crippen LogP contribution in [0.15, 0.2) is 59.1 Å². The van der Waals surface area contributed by atoms with Crippen molar-refractivity contribution in [1.82, 2.24) is 10.2 Å². The van der Waals surface area contributed by atoms with Crippen LogP contribution >= 0.6 is 15.9 Å². The smallest absolute Gasteiger partial charge is 0.414 e. The minimum absolute atomic E-state index is 0.0653. The third-order valence-electron chi connectivity index (χ3n) is 3.54. The average molecular weight is 451 g/mol. The van der Waals surface area contributed by atoms with E-state index in [2.05, 4.69) is 45.5 Å². The van der Waals surface area contributed by atoms with Gasteiger partial charge >= 0.3 is 11.9 Å². The monoisotopic (exact) mass is 450 g/mol. The zero-order chi connectivity index (χ0) is 20.9. The van der Waals surface area contributed by atoms with Gasteiger partial charge in [-0.05, 0) is 36.7 Å². The summed E-state index contributed by atoms with van der Waals surface area (Å²) >= 11 is 3.42. The summed E-state index contributed by atoms with van der Waals surface area (Å²) in [4.78, 5) is 32.1. The highest BCUT2D eigenvalue weighted by Crippen LogP contribution is 2.11. The molecule has 0 heterocycles. The number of likely N-dealkylation sites (N-methyl/N-ethyl adjacent to an activating group) is 1. The first-order valence-corrected chi connectivity index (χ1v) is 9.27. The van der Waals surface area contributed by atoms with E-state index in [1.807, 2.05) is 42.3 Å². The molecule has 0 atom stereocenters. The predicted molar refractivity (Wildman–Crippen MR) is 109 cm³/mol. The third kappa shape index (κ3) is 10.4. The quantitative estimate of drug-likeness (QED) is 0.559. The van der Waals surface area contributed by atoms with Crippen molar-refractivity contribution in [1.29, 1.82) is 0 Å². The summed E-state index contributed by atoms with van der Waals surface area (Å²) in [5, 5.41) is 17.8. The summed E-state index contributed by atoms with van der Waals surface area (Å²) in [7, 11) is 1.96. The van der Waals surface area contributed by atoms with Gasteiger partial charge in [0, 0.05) is 17.6 Å². The lowest BCUT2D eigenvalue weighted by molar-refractivity contribution is -0.159. The summed E-state index contributed by atoms with van der Waals surface area (Å²) < 4.78 is 1.07. The van der Waals surface area contributed by atoms with Gasteiger partial charge in [0.1, 0.15) is 0 Å². The number of aliphatic carboxylic acids is 2. The molecule has 3 N–H and O–H groups in total. The molecule has 0 spiro atoms. The van der Waals surface area contributed by atoms with Crippen LogP contribution in [-0.4, -0.2) is 53.1 Å². The molecule has 2 rings (SSSR count). The summed E-state index contributed by atoms with van der Waals surface area (Å²) in [6.45, 7) is 1.85. The van der Waals surface area contributed by atoms with E-state index in [9.17, 15) is 4.79 Å². The number of carboxylic acid groups (broad SMARTS) is 2. The molecular weight excluding hydrogens is 428 g/mol. The van der Waals surface area contributed by atoms with Crippen LogP contribution in [0.4, 0.5) is 0 Å². The van der Waals surface area contributed by atoms with Crippen LogP contribution in [0.25, 0.3) is 0 Å². The van der Waals surface area contributed by atoms with E-state index in [-0.39, 0.29) is 5.91 Å². The summed E-state index contributed by atoms with van der Waals surface area (Å²) in [6, 6.07) is 18.3. The van der Waals surface area contributed by atoms with E-state index in [1.54, 1.807) is 0 Å². The van der Waals surface area contributed by atoms with Crippen LogP contribution < -0.4 is 5.32 Å². The van der Waals surface area contributed by atoms with Gasteiger partial charge in [-0.2, -0.15) is 0 Å². The first-order chi connectivity index (χ1) is 13.3. The number of amides is 1. The van der Waals surface area contributed by atoms with E-state index in [0.29, 0.717) is 13.1 Å². The van der Waals surface area contributed by atoms with Gasteiger partial charge < -0.3 is 15.5 Å². The van der Waals surface area contributed by atoms with E-state index < -0.39 is 11.9 Å². The number of carbonyl (C=O) groups is 3. The van der Waals surface area contributed by atoms with Crippen molar-refractivity contribution in [3.8, 4) is 0 Å². The number of rotatable bonds is 7. The molecule has 0 unspecified atom stereocenters. The molecule has 7 nitrogen and oxygen atoms in total. The van der Waals surface area contributed by atoms with Gasteiger partial charge in [-0.25, -0.2) is 9.59 Å². The van der Waals surface area contributed by atoms with E-state index >= 15 is 0 Å². The highest BCUT2D eigenvalue weighted by molar-refractivity contribution is 9.10. The number of hydrogen-bond donors (Lipinski definition) is 3. The zero-order valence-electron chi connectivity index (χ0n) is 15.5. The molecule has 150 valence electrons. The number of benzene rings is 2. The van der Waals surface area contributed by atoms with Gasteiger partial charge in [-0.15, -0.1) is 0 Å². The van der Waals surface area contributed by atoms with Crippen molar-refractivity contribution in [2.45, 2.75) is 13.0 Å². The van der Waals surface area contributed by atoms with Crippen LogP contribution in [-0.2, 0) is 27.3 Å². The number of hydrogen-bond acceptors (Lipinski definition) is 4. The third-order valence-corrected chi connectivity index (χ3v) is 4.07. The minimum Gasteiger partial charge on any atom is -0.473 e. The van der Waals surface area contributed by atoms with E-state index in [0.717, 1.165) is 17.4 Å². The molecule has 0 aromatic heterocycles. The Morgan fingerprint density at radius 1 is 0.929 bits per heavy atom. The van der Waals surface area contributed by atoms with Gasteiger partial charge in [-0.1, -0.05) is 58.4 Å². The Labute approximate surface area is 172 Å². The lowest BCUT2D eigenvalue weighted by Gasteiger charge is -2.16. The highest BCUT2D eigenvalue weighted by Gasteiger charge is 2.07. The molecule has 0 bridgehead atoms. The topological polar surface area (TPSA) is 107 Å². The number of halogens is 1. The molecule has 0 fully saturated rings. The molecule has 0 radical (unpaired) electrons. The van der Waals surface area contributed by atoms with Crippen molar-refractivity contribution in [3.05, 3.63) is 70.2 Å². The predicted octanol–water partition coefficient (Wildman–Crippen LogP) is 2.40. The lowest BCUT2D eigenvalue weighted by Crippen LogP contribution is -2.35. The number of carboxylic acids is 2. The van der Waals surface area contributed by atoms with Gasteiger partial charge in [-0.3, -0.25) is 9.69 Å². The van der Waals surface area contributed by atoms with Crippen molar-refractivity contribution in [3.63, 3.8) is 0 Å². The van der Waals surface area contributed by atoms with Crippen molar-refractivity contribution in [2.24, 2.45) is 0 Å². The lowest BCUT2D eigenvalue weighted by atomic mass is 10.1. The van der Waals surface area contributed by atoms with Crippen LogP contribution in [0, 0.1) is 0 Å². The molecule has 0 saturated carbocycles. The first kappa shape index (κ1) is 23.3. The van der Waals surface area contributed by atoms with E-state index in [4.69, 9.17) is 19.8 Å². The highest BCUT2D eigenvalue weighted by atomic mass is 79.9. The molecule has 28 heavy (non-hydrogen) atoms.